The van der Waals surface area contributed by atoms with Crippen LogP contribution in [-0.2, 0) is 0 Å². The van der Waals surface area contributed by atoms with Crippen LogP contribution in [0.1, 0.15) is 49.0 Å². The lowest BCUT2D eigenvalue weighted by molar-refractivity contribution is 0.0284. The fourth-order valence-corrected chi connectivity index (χ4v) is 3.10. The van der Waals surface area contributed by atoms with Crippen LogP contribution in [-0.4, -0.2) is 35.6 Å². The zero-order valence-corrected chi connectivity index (χ0v) is 13.9. The van der Waals surface area contributed by atoms with Gasteiger partial charge in [0, 0.05) is 18.5 Å². The van der Waals surface area contributed by atoms with Crippen molar-refractivity contribution in [2.45, 2.75) is 33.1 Å². The summed E-state index contributed by atoms with van der Waals surface area (Å²) in [6, 6.07) is 8.99. The van der Waals surface area contributed by atoms with Crippen LogP contribution < -0.4 is 0 Å². The number of allylic oxidation sites excluding steroid dienone is 2. The van der Waals surface area contributed by atoms with Gasteiger partial charge >= 0.3 is 0 Å². The molecule has 0 radical (unpaired) electrons. The summed E-state index contributed by atoms with van der Waals surface area (Å²) in [5.74, 6) is -0.114. The van der Waals surface area contributed by atoms with Gasteiger partial charge in [-0.25, -0.2) is 0 Å². The van der Waals surface area contributed by atoms with Crippen LogP contribution in [0.25, 0.3) is 0 Å². The highest BCUT2D eigenvalue weighted by Gasteiger charge is 2.36. The molecule has 1 heterocycles. The van der Waals surface area contributed by atoms with Crippen LogP contribution in [0.5, 0.6) is 0 Å². The molecule has 4 heteroatoms. The van der Waals surface area contributed by atoms with Gasteiger partial charge < -0.3 is 10.0 Å². The molecular weight excluding hydrogens is 288 g/mol. The monoisotopic (exact) mass is 312 g/mol. The van der Waals surface area contributed by atoms with Crippen LogP contribution in [0.4, 0.5) is 0 Å². The van der Waals surface area contributed by atoms with Gasteiger partial charge in [0.1, 0.15) is 0 Å². The van der Waals surface area contributed by atoms with Crippen molar-refractivity contribution in [3.63, 3.8) is 0 Å². The standard InChI is InChI=1S/C19H24N2O2/c1-15(2)8-10-19(14-22)9-5-11-21(13-19)18(23)17-7-4-3-6-16(17)12-20/h3-4,6-8,22H,5,9-11,13-14H2,1-2H3/t19-/m1/s1. The molecule has 0 bridgehead atoms. The normalized spacial score (nSPS) is 20.7. The zero-order valence-electron chi connectivity index (χ0n) is 13.9. The molecule has 0 saturated carbocycles. The number of hydrogen-bond donors (Lipinski definition) is 1. The Hall–Kier alpha value is -2.12. The Bertz CT molecular complexity index is 641. The SMILES string of the molecule is CC(C)=CC[C@]1(CO)CCCN(C(=O)c2ccccc2C#N)C1. The minimum atomic E-state index is -0.271. The summed E-state index contributed by atoms with van der Waals surface area (Å²) < 4.78 is 0. The molecule has 1 atom stereocenters. The molecule has 4 nitrogen and oxygen atoms in total. The van der Waals surface area contributed by atoms with E-state index in [1.165, 1.54) is 5.57 Å². The van der Waals surface area contributed by atoms with E-state index in [4.69, 9.17) is 0 Å². The number of aliphatic hydroxyl groups excluding tert-OH is 1. The minimum Gasteiger partial charge on any atom is -0.396 e. The van der Waals surface area contributed by atoms with Gasteiger partial charge in [0.05, 0.1) is 23.8 Å². The van der Waals surface area contributed by atoms with Crippen molar-refractivity contribution >= 4 is 5.91 Å². The zero-order chi connectivity index (χ0) is 16.9. The predicted molar refractivity (Wildman–Crippen MR) is 89.9 cm³/mol. The molecule has 1 aromatic rings. The number of aliphatic hydroxyl groups is 1. The van der Waals surface area contributed by atoms with E-state index in [2.05, 4.69) is 12.1 Å². The van der Waals surface area contributed by atoms with E-state index in [9.17, 15) is 15.2 Å². The Morgan fingerprint density at radius 1 is 1.43 bits per heavy atom. The molecule has 0 unspecified atom stereocenters. The second-order valence-corrected chi connectivity index (χ2v) is 6.63. The Morgan fingerprint density at radius 3 is 2.83 bits per heavy atom. The van der Waals surface area contributed by atoms with E-state index in [-0.39, 0.29) is 17.9 Å². The smallest absolute Gasteiger partial charge is 0.255 e. The number of amides is 1. The highest BCUT2D eigenvalue weighted by molar-refractivity contribution is 5.96. The third-order valence-electron chi connectivity index (χ3n) is 4.51. The van der Waals surface area contributed by atoms with Gasteiger partial charge in [-0.2, -0.15) is 5.26 Å². The number of likely N-dealkylation sites (tertiary alicyclic amines) is 1. The number of carbonyl (C=O) groups excluding carboxylic acids is 1. The lowest BCUT2D eigenvalue weighted by atomic mass is 9.77. The Morgan fingerprint density at radius 2 is 2.17 bits per heavy atom. The van der Waals surface area contributed by atoms with Crippen LogP contribution in [0.3, 0.4) is 0 Å². The molecule has 1 N–H and O–H groups in total. The molecule has 2 rings (SSSR count). The number of nitrogens with zero attached hydrogens (tertiary/aromatic N) is 2. The van der Waals surface area contributed by atoms with Gasteiger partial charge in [0.2, 0.25) is 0 Å². The number of rotatable bonds is 4. The molecular formula is C19H24N2O2. The second kappa shape index (κ2) is 7.43. The van der Waals surface area contributed by atoms with Crippen molar-refractivity contribution in [1.82, 2.24) is 4.90 Å². The van der Waals surface area contributed by atoms with E-state index < -0.39 is 0 Å². The first-order valence-electron chi connectivity index (χ1n) is 8.04. The van der Waals surface area contributed by atoms with Crippen molar-refractivity contribution in [3.8, 4) is 6.07 Å². The van der Waals surface area contributed by atoms with Crippen molar-refractivity contribution in [1.29, 1.82) is 5.26 Å². The third kappa shape index (κ3) is 4.00. The Balaban J connectivity index is 2.21. The van der Waals surface area contributed by atoms with Crippen LogP contribution in [0.2, 0.25) is 0 Å². The highest BCUT2D eigenvalue weighted by atomic mass is 16.3. The summed E-state index contributed by atoms with van der Waals surface area (Å²) in [7, 11) is 0. The fourth-order valence-electron chi connectivity index (χ4n) is 3.10. The van der Waals surface area contributed by atoms with Crippen LogP contribution >= 0.6 is 0 Å². The number of carbonyl (C=O) groups is 1. The van der Waals surface area contributed by atoms with Crippen molar-refractivity contribution in [2.24, 2.45) is 5.41 Å². The average Bonchev–Trinajstić information content (AvgIpc) is 2.59. The molecule has 1 amide bonds. The van der Waals surface area contributed by atoms with Gasteiger partial charge in [-0.1, -0.05) is 23.8 Å². The Kier molecular flexibility index (Phi) is 5.57. The topological polar surface area (TPSA) is 64.3 Å². The van der Waals surface area contributed by atoms with Crippen molar-refractivity contribution in [2.75, 3.05) is 19.7 Å². The molecule has 1 fully saturated rings. The summed E-state index contributed by atoms with van der Waals surface area (Å²) >= 11 is 0. The lowest BCUT2D eigenvalue weighted by Crippen LogP contribution is -2.47. The highest BCUT2D eigenvalue weighted by Crippen LogP contribution is 2.34. The van der Waals surface area contributed by atoms with E-state index in [0.717, 1.165) is 19.3 Å². The summed E-state index contributed by atoms with van der Waals surface area (Å²) in [6.07, 6.45) is 4.69. The molecule has 0 spiro atoms. The molecule has 1 saturated heterocycles. The van der Waals surface area contributed by atoms with Gasteiger partial charge in [-0.15, -0.1) is 0 Å². The Labute approximate surface area is 138 Å². The predicted octanol–water partition coefficient (Wildman–Crippen LogP) is 3.13. The largest absolute Gasteiger partial charge is 0.396 e. The summed E-state index contributed by atoms with van der Waals surface area (Å²) in [5.41, 5.74) is 1.80. The quantitative estimate of drug-likeness (QED) is 0.869. The number of benzene rings is 1. The molecule has 1 aromatic carbocycles. The first-order valence-corrected chi connectivity index (χ1v) is 8.04. The maximum atomic E-state index is 12.8. The molecule has 23 heavy (non-hydrogen) atoms. The van der Waals surface area contributed by atoms with E-state index in [0.29, 0.717) is 24.2 Å². The van der Waals surface area contributed by atoms with Crippen LogP contribution in [0, 0.1) is 16.7 Å². The van der Waals surface area contributed by atoms with E-state index >= 15 is 0 Å². The van der Waals surface area contributed by atoms with Gasteiger partial charge in [-0.05, 0) is 45.2 Å². The number of hydrogen-bond acceptors (Lipinski definition) is 3. The van der Waals surface area contributed by atoms with E-state index in [1.54, 1.807) is 29.2 Å². The first-order chi connectivity index (χ1) is 11.0. The van der Waals surface area contributed by atoms with Gasteiger partial charge in [0.15, 0.2) is 0 Å². The fraction of sp³-hybridized carbons (Fsp3) is 0.474. The minimum absolute atomic E-state index is 0.0699. The molecule has 0 aromatic heterocycles. The first kappa shape index (κ1) is 17.2. The van der Waals surface area contributed by atoms with Crippen LogP contribution in [0.15, 0.2) is 35.9 Å². The molecule has 0 aliphatic carbocycles. The third-order valence-corrected chi connectivity index (χ3v) is 4.51. The second-order valence-electron chi connectivity index (χ2n) is 6.63. The lowest BCUT2D eigenvalue weighted by Gasteiger charge is -2.41. The molecule has 1 aliphatic heterocycles. The average molecular weight is 312 g/mol. The molecule has 122 valence electrons. The van der Waals surface area contributed by atoms with Crippen molar-refractivity contribution in [3.05, 3.63) is 47.0 Å². The number of nitriles is 1. The van der Waals surface area contributed by atoms with Gasteiger partial charge in [0.25, 0.3) is 5.91 Å². The van der Waals surface area contributed by atoms with Gasteiger partial charge in [-0.3, -0.25) is 4.79 Å². The summed E-state index contributed by atoms with van der Waals surface area (Å²) in [5, 5.41) is 19.1. The number of piperidine rings is 1. The molecule has 1 aliphatic rings. The maximum absolute atomic E-state index is 12.8. The summed E-state index contributed by atoms with van der Waals surface area (Å²) in [4.78, 5) is 14.6. The maximum Gasteiger partial charge on any atom is 0.255 e. The van der Waals surface area contributed by atoms with E-state index in [1.807, 2.05) is 13.8 Å². The summed E-state index contributed by atoms with van der Waals surface area (Å²) in [6.45, 7) is 5.36. The van der Waals surface area contributed by atoms with Crippen molar-refractivity contribution < 1.29 is 9.90 Å².